The lowest BCUT2D eigenvalue weighted by Gasteiger charge is -2.16. The highest BCUT2D eigenvalue weighted by Crippen LogP contribution is 2.45. The maximum Gasteiger partial charge on any atom is 0.166 e. The van der Waals surface area contributed by atoms with E-state index in [1.807, 2.05) is 42.6 Å². The SMILES string of the molecule is C1=CC2Oc3cncc(-c4nc(-c5ccccc5)nc(-c5cccc6c5ccc5ccc7ccccc7c56)n4)c3C2C=C1. The van der Waals surface area contributed by atoms with Crippen LogP contribution in [0.4, 0.5) is 0 Å². The number of rotatable bonds is 3. The second-order valence-corrected chi connectivity index (χ2v) is 11.0. The monoisotopic (exact) mass is 552 g/mol. The average Bonchev–Trinajstić information content (AvgIpc) is 3.47. The zero-order chi connectivity index (χ0) is 28.3. The van der Waals surface area contributed by atoms with Crippen molar-refractivity contribution in [3.05, 3.63) is 139 Å². The lowest BCUT2D eigenvalue weighted by molar-refractivity contribution is 0.268. The Balaban J connectivity index is 1.31. The van der Waals surface area contributed by atoms with Crippen LogP contribution in [0.5, 0.6) is 5.75 Å². The van der Waals surface area contributed by atoms with Crippen molar-refractivity contribution < 1.29 is 4.74 Å². The molecule has 0 saturated carbocycles. The van der Waals surface area contributed by atoms with Crippen LogP contribution in [0.2, 0.25) is 0 Å². The molecule has 2 atom stereocenters. The fourth-order valence-electron chi connectivity index (χ4n) is 6.57. The molecular weight excluding hydrogens is 528 g/mol. The summed E-state index contributed by atoms with van der Waals surface area (Å²) in [5, 5.41) is 7.17. The zero-order valence-corrected chi connectivity index (χ0v) is 23.1. The summed E-state index contributed by atoms with van der Waals surface area (Å²) in [6, 6.07) is 33.8. The van der Waals surface area contributed by atoms with Crippen molar-refractivity contribution in [1.82, 2.24) is 19.9 Å². The van der Waals surface area contributed by atoms with Gasteiger partial charge in [0.2, 0.25) is 0 Å². The maximum atomic E-state index is 6.26. The average molecular weight is 553 g/mol. The summed E-state index contributed by atoms with van der Waals surface area (Å²) in [4.78, 5) is 19.8. The standard InChI is InChI=1S/C38H24N4O/c1-2-10-25(11-3-1)36-40-37(42-38(41-36)31-21-39-22-33-35(31)30-13-6-7-16-32(30)43-33)29-15-8-14-28-27(29)20-19-24-18-17-23-9-4-5-12-26(23)34(24)28/h1-22,30,32H. The van der Waals surface area contributed by atoms with Crippen LogP contribution >= 0.6 is 0 Å². The molecular formula is C38H24N4O. The lowest BCUT2D eigenvalue weighted by atomic mass is 9.89. The Morgan fingerprint density at radius 1 is 0.535 bits per heavy atom. The third-order valence-electron chi connectivity index (χ3n) is 8.55. The summed E-state index contributed by atoms with van der Waals surface area (Å²) in [5.41, 5.74) is 3.82. The molecule has 0 spiro atoms. The van der Waals surface area contributed by atoms with Gasteiger partial charge in [-0.2, -0.15) is 0 Å². The second kappa shape index (κ2) is 9.43. The minimum Gasteiger partial charge on any atom is -0.483 e. The number of allylic oxidation sites excluding steroid dienone is 2. The molecule has 2 aliphatic rings. The zero-order valence-electron chi connectivity index (χ0n) is 23.1. The van der Waals surface area contributed by atoms with Gasteiger partial charge in [-0.15, -0.1) is 0 Å². The Morgan fingerprint density at radius 2 is 1.28 bits per heavy atom. The van der Waals surface area contributed by atoms with Gasteiger partial charge in [0.05, 0.1) is 6.20 Å². The first-order valence-corrected chi connectivity index (χ1v) is 14.5. The van der Waals surface area contributed by atoms with Gasteiger partial charge in [-0.3, -0.25) is 4.98 Å². The Hall–Kier alpha value is -5.68. The molecule has 7 aromatic rings. The smallest absolute Gasteiger partial charge is 0.166 e. The second-order valence-electron chi connectivity index (χ2n) is 11.0. The molecule has 43 heavy (non-hydrogen) atoms. The minimum absolute atomic E-state index is 0.0565. The molecule has 0 bridgehead atoms. The van der Waals surface area contributed by atoms with E-state index >= 15 is 0 Å². The van der Waals surface area contributed by atoms with Crippen LogP contribution in [0.15, 0.2) is 134 Å². The van der Waals surface area contributed by atoms with Crippen molar-refractivity contribution in [2.75, 3.05) is 0 Å². The maximum absolute atomic E-state index is 6.26. The van der Waals surface area contributed by atoms with Crippen LogP contribution in [0.25, 0.3) is 66.5 Å². The number of ether oxygens (including phenoxy) is 1. The number of hydrogen-bond acceptors (Lipinski definition) is 5. The van der Waals surface area contributed by atoms with Gasteiger partial charge in [-0.1, -0.05) is 115 Å². The first kappa shape index (κ1) is 24.0. The first-order chi connectivity index (χ1) is 21.3. The molecule has 3 heterocycles. The molecule has 5 nitrogen and oxygen atoms in total. The minimum atomic E-state index is -0.0565. The fourth-order valence-corrected chi connectivity index (χ4v) is 6.57. The van der Waals surface area contributed by atoms with Gasteiger partial charge < -0.3 is 4.74 Å². The summed E-state index contributed by atoms with van der Waals surface area (Å²) in [7, 11) is 0. The fraction of sp³-hybridized carbons (Fsp3) is 0.0526. The van der Waals surface area contributed by atoms with E-state index in [1.54, 1.807) is 6.20 Å². The quantitative estimate of drug-likeness (QED) is 0.205. The highest BCUT2D eigenvalue weighted by molar-refractivity contribution is 6.21. The van der Waals surface area contributed by atoms with E-state index in [0.717, 1.165) is 33.4 Å². The van der Waals surface area contributed by atoms with E-state index in [0.29, 0.717) is 17.5 Å². The van der Waals surface area contributed by atoms with Crippen LogP contribution in [-0.4, -0.2) is 26.0 Å². The number of nitrogens with zero attached hydrogens (tertiary/aromatic N) is 4. The van der Waals surface area contributed by atoms with Crippen molar-refractivity contribution in [2.45, 2.75) is 12.0 Å². The van der Waals surface area contributed by atoms with Crippen LogP contribution < -0.4 is 4.74 Å². The third-order valence-corrected chi connectivity index (χ3v) is 8.55. The van der Waals surface area contributed by atoms with Gasteiger partial charge in [0, 0.05) is 34.4 Å². The van der Waals surface area contributed by atoms with E-state index in [1.165, 1.54) is 26.9 Å². The van der Waals surface area contributed by atoms with Gasteiger partial charge >= 0.3 is 0 Å². The molecule has 0 fully saturated rings. The predicted molar refractivity (Wildman–Crippen MR) is 172 cm³/mol. The van der Waals surface area contributed by atoms with Gasteiger partial charge in [0.25, 0.3) is 0 Å². The summed E-state index contributed by atoms with van der Waals surface area (Å²) >= 11 is 0. The molecule has 9 rings (SSSR count). The third kappa shape index (κ3) is 3.78. The van der Waals surface area contributed by atoms with Crippen molar-refractivity contribution in [2.24, 2.45) is 0 Å². The van der Waals surface area contributed by atoms with E-state index in [9.17, 15) is 0 Å². The molecule has 1 aliphatic carbocycles. The molecule has 0 saturated heterocycles. The highest BCUT2D eigenvalue weighted by atomic mass is 16.5. The van der Waals surface area contributed by atoms with Crippen molar-refractivity contribution in [1.29, 1.82) is 0 Å². The van der Waals surface area contributed by atoms with Gasteiger partial charge in [0.15, 0.2) is 17.5 Å². The largest absolute Gasteiger partial charge is 0.483 e. The molecule has 0 radical (unpaired) electrons. The predicted octanol–water partition coefficient (Wildman–Crippen LogP) is 8.70. The van der Waals surface area contributed by atoms with Crippen LogP contribution in [0.1, 0.15) is 11.5 Å². The van der Waals surface area contributed by atoms with Gasteiger partial charge in [0.1, 0.15) is 11.9 Å². The molecule has 1 aliphatic heterocycles. The number of fused-ring (bicyclic) bond motifs is 8. The van der Waals surface area contributed by atoms with Gasteiger partial charge in [-0.05, 0) is 38.4 Å². The molecule has 5 aromatic carbocycles. The first-order valence-electron chi connectivity index (χ1n) is 14.5. The number of hydrogen-bond donors (Lipinski definition) is 0. The Bertz CT molecular complexity index is 2290. The van der Waals surface area contributed by atoms with E-state index in [-0.39, 0.29) is 12.0 Å². The van der Waals surface area contributed by atoms with E-state index < -0.39 is 0 Å². The Morgan fingerprint density at radius 3 is 2.21 bits per heavy atom. The van der Waals surface area contributed by atoms with Crippen LogP contribution in [-0.2, 0) is 0 Å². The summed E-state index contributed by atoms with van der Waals surface area (Å²) < 4.78 is 6.26. The molecule has 0 N–H and O–H groups in total. The molecule has 0 amide bonds. The summed E-state index contributed by atoms with van der Waals surface area (Å²) in [6.07, 6.45) is 12.0. The molecule has 2 aromatic heterocycles. The topological polar surface area (TPSA) is 60.8 Å². The normalized spacial score (nSPS) is 16.8. The summed E-state index contributed by atoms with van der Waals surface area (Å²) in [6.45, 7) is 0. The Labute approximate surface area is 247 Å². The van der Waals surface area contributed by atoms with Crippen LogP contribution in [0.3, 0.4) is 0 Å². The molecule has 5 heteroatoms. The van der Waals surface area contributed by atoms with E-state index in [4.69, 9.17) is 19.7 Å². The number of aromatic nitrogens is 4. The molecule has 202 valence electrons. The number of benzene rings is 5. The number of pyridine rings is 1. The van der Waals surface area contributed by atoms with E-state index in [2.05, 4.69) is 89.9 Å². The summed E-state index contributed by atoms with van der Waals surface area (Å²) in [5.74, 6) is 2.69. The highest BCUT2D eigenvalue weighted by Gasteiger charge is 2.35. The lowest BCUT2D eigenvalue weighted by Crippen LogP contribution is -2.16. The van der Waals surface area contributed by atoms with Crippen molar-refractivity contribution >= 4 is 32.3 Å². The van der Waals surface area contributed by atoms with Gasteiger partial charge in [-0.25, -0.2) is 15.0 Å². The van der Waals surface area contributed by atoms with Crippen molar-refractivity contribution in [3.63, 3.8) is 0 Å². The molecule has 2 unspecified atom stereocenters. The van der Waals surface area contributed by atoms with Crippen molar-refractivity contribution in [3.8, 4) is 39.9 Å². The van der Waals surface area contributed by atoms with Crippen LogP contribution in [0, 0.1) is 0 Å². The Kier molecular flexibility index (Phi) is 5.26.